The van der Waals surface area contributed by atoms with Gasteiger partial charge in [0.15, 0.2) is 0 Å². The van der Waals surface area contributed by atoms with E-state index in [0.29, 0.717) is 4.83 Å². The van der Waals surface area contributed by atoms with E-state index in [-0.39, 0.29) is 0 Å². The first kappa shape index (κ1) is 12.5. The maximum absolute atomic E-state index is 3.87. The van der Waals surface area contributed by atoms with Crippen LogP contribution in [0.1, 0.15) is 35.7 Å². The lowest BCUT2D eigenvalue weighted by Crippen LogP contribution is -2.02. The van der Waals surface area contributed by atoms with E-state index in [0.717, 1.165) is 5.92 Å². The molecule has 0 radical (unpaired) electrons. The van der Waals surface area contributed by atoms with Gasteiger partial charge in [0.25, 0.3) is 0 Å². The van der Waals surface area contributed by atoms with Crippen molar-refractivity contribution in [3.63, 3.8) is 0 Å². The molecule has 2 rings (SSSR count). The predicted molar refractivity (Wildman–Crippen MR) is 77.5 cm³/mol. The number of alkyl halides is 1. The van der Waals surface area contributed by atoms with E-state index in [1.54, 1.807) is 5.56 Å². The minimum Gasteiger partial charge on any atom is -0.162 e. The molecule has 0 spiro atoms. The molecule has 2 heteroatoms. The molecule has 1 aliphatic rings. The van der Waals surface area contributed by atoms with Crippen LogP contribution < -0.4 is 0 Å². The summed E-state index contributed by atoms with van der Waals surface area (Å²) < 4.78 is 0. The van der Waals surface area contributed by atoms with Crippen LogP contribution in [0.2, 0.25) is 0 Å². The zero-order valence-corrected chi connectivity index (χ0v) is 12.2. The fourth-order valence-corrected chi connectivity index (χ4v) is 4.03. The monoisotopic (exact) mass is 298 g/mol. The molecule has 2 unspecified atom stereocenters. The SMILES string of the molecule is CCSCCCC1Cc2ccccc2C1Br. The fraction of sp³-hybridized carbons (Fsp3) is 0.571. The van der Waals surface area contributed by atoms with Gasteiger partial charge in [0.1, 0.15) is 0 Å². The van der Waals surface area contributed by atoms with Crippen molar-refractivity contribution in [2.45, 2.75) is 31.0 Å². The summed E-state index contributed by atoms with van der Waals surface area (Å²) in [6.07, 6.45) is 3.99. The summed E-state index contributed by atoms with van der Waals surface area (Å²) in [5.41, 5.74) is 3.08. The highest BCUT2D eigenvalue weighted by Gasteiger charge is 2.29. The van der Waals surface area contributed by atoms with Crippen LogP contribution in [-0.4, -0.2) is 11.5 Å². The predicted octanol–water partition coefficient (Wildman–Crippen LogP) is 4.83. The van der Waals surface area contributed by atoms with Gasteiger partial charge >= 0.3 is 0 Å². The highest BCUT2D eigenvalue weighted by molar-refractivity contribution is 9.09. The van der Waals surface area contributed by atoms with Crippen LogP contribution in [0, 0.1) is 5.92 Å². The van der Waals surface area contributed by atoms with Crippen molar-refractivity contribution in [3.8, 4) is 0 Å². The number of fused-ring (bicyclic) bond motifs is 1. The summed E-state index contributed by atoms with van der Waals surface area (Å²) in [6.45, 7) is 2.24. The first-order valence-corrected chi connectivity index (χ1v) is 8.19. The maximum Gasteiger partial charge on any atom is 0.0429 e. The second-order valence-electron chi connectivity index (χ2n) is 4.40. The van der Waals surface area contributed by atoms with Crippen LogP contribution in [0.4, 0.5) is 0 Å². The average Bonchev–Trinajstić information content (AvgIpc) is 2.63. The smallest absolute Gasteiger partial charge is 0.0429 e. The number of hydrogen-bond acceptors (Lipinski definition) is 1. The number of rotatable bonds is 5. The summed E-state index contributed by atoms with van der Waals surface area (Å²) in [5, 5.41) is 0. The van der Waals surface area contributed by atoms with Crippen molar-refractivity contribution in [1.29, 1.82) is 0 Å². The number of benzene rings is 1. The van der Waals surface area contributed by atoms with Crippen LogP contribution in [0.5, 0.6) is 0 Å². The first-order chi connectivity index (χ1) is 7.83. The van der Waals surface area contributed by atoms with Crippen LogP contribution in [0.3, 0.4) is 0 Å². The third-order valence-electron chi connectivity index (χ3n) is 3.32. The van der Waals surface area contributed by atoms with E-state index in [4.69, 9.17) is 0 Å². The summed E-state index contributed by atoms with van der Waals surface area (Å²) in [7, 11) is 0. The minimum absolute atomic E-state index is 0.593. The molecule has 0 aliphatic heterocycles. The van der Waals surface area contributed by atoms with Gasteiger partial charge in [-0.15, -0.1) is 0 Å². The largest absolute Gasteiger partial charge is 0.162 e. The zero-order valence-electron chi connectivity index (χ0n) is 9.79. The van der Waals surface area contributed by atoms with Crippen molar-refractivity contribution in [2.24, 2.45) is 5.92 Å². The lowest BCUT2D eigenvalue weighted by Gasteiger charge is -2.13. The molecule has 2 atom stereocenters. The molecule has 16 heavy (non-hydrogen) atoms. The topological polar surface area (TPSA) is 0 Å². The standard InChI is InChI=1S/C14H19BrS/c1-2-16-9-5-7-12-10-11-6-3-4-8-13(11)14(12)15/h3-4,6,8,12,14H,2,5,7,9-10H2,1H3. The summed E-state index contributed by atoms with van der Waals surface area (Å²) in [5.74, 6) is 3.39. The Bertz CT molecular complexity index is 337. The molecule has 1 aromatic carbocycles. The number of thioether (sulfide) groups is 1. The maximum atomic E-state index is 3.87. The van der Waals surface area contributed by atoms with Crippen LogP contribution in [0.25, 0.3) is 0 Å². The van der Waals surface area contributed by atoms with E-state index in [9.17, 15) is 0 Å². The molecule has 0 saturated heterocycles. The van der Waals surface area contributed by atoms with E-state index >= 15 is 0 Å². The van der Waals surface area contributed by atoms with E-state index < -0.39 is 0 Å². The van der Waals surface area contributed by atoms with Crippen molar-refractivity contribution in [2.75, 3.05) is 11.5 Å². The summed E-state index contributed by atoms with van der Waals surface area (Å²) >= 11 is 5.93. The molecule has 1 aromatic rings. The molecule has 0 saturated carbocycles. The van der Waals surface area contributed by atoms with Gasteiger partial charge in [-0.3, -0.25) is 0 Å². The molecule has 0 fully saturated rings. The third-order valence-corrected chi connectivity index (χ3v) is 5.54. The van der Waals surface area contributed by atoms with Gasteiger partial charge in [-0.2, -0.15) is 11.8 Å². The minimum atomic E-state index is 0.593. The molecular weight excluding hydrogens is 280 g/mol. The van der Waals surface area contributed by atoms with E-state index in [1.165, 1.54) is 36.3 Å². The second-order valence-corrected chi connectivity index (χ2v) is 6.78. The lowest BCUT2D eigenvalue weighted by atomic mass is 10.0. The molecule has 0 heterocycles. The van der Waals surface area contributed by atoms with Crippen LogP contribution >= 0.6 is 27.7 Å². The normalized spacial score (nSPS) is 23.4. The van der Waals surface area contributed by atoms with Gasteiger partial charge in [-0.25, -0.2) is 0 Å². The third kappa shape index (κ3) is 2.84. The Hall–Kier alpha value is 0.0500. The van der Waals surface area contributed by atoms with Crippen molar-refractivity contribution < 1.29 is 0 Å². The van der Waals surface area contributed by atoms with Crippen molar-refractivity contribution in [1.82, 2.24) is 0 Å². The molecule has 0 bridgehead atoms. The number of halogens is 1. The quantitative estimate of drug-likeness (QED) is 0.554. The Labute approximate surface area is 111 Å². The summed E-state index contributed by atoms with van der Waals surface area (Å²) in [4.78, 5) is 0.593. The van der Waals surface area contributed by atoms with Crippen LogP contribution in [-0.2, 0) is 6.42 Å². The second kappa shape index (κ2) is 6.11. The Balaban J connectivity index is 1.87. The van der Waals surface area contributed by atoms with Gasteiger partial charge in [0.05, 0.1) is 0 Å². The first-order valence-electron chi connectivity index (χ1n) is 6.12. The van der Waals surface area contributed by atoms with Gasteiger partial charge in [0.2, 0.25) is 0 Å². The Morgan fingerprint density at radius 2 is 2.19 bits per heavy atom. The van der Waals surface area contributed by atoms with Gasteiger partial charge < -0.3 is 0 Å². The van der Waals surface area contributed by atoms with E-state index in [2.05, 4.69) is 58.9 Å². The Morgan fingerprint density at radius 3 is 2.94 bits per heavy atom. The van der Waals surface area contributed by atoms with Gasteiger partial charge in [-0.1, -0.05) is 47.1 Å². The molecular formula is C14H19BrS. The molecule has 0 N–H and O–H groups in total. The molecule has 1 aliphatic carbocycles. The molecule has 0 aromatic heterocycles. The lowest BCUT2D eigenvalue weighted by molar-refractivity contribution is 0.506. The zero-order chi connectivity index (χ0) is 11.4. The molecule has 0 nitrogen and oxygen atoms in total. The van der Waals surface area contributed by atoms with E-state index in [1.807, 2.05) is 0 Å². The Morgan fingerprint density at radius 1 is 1.38 bits per heavy atom. The fourth-order valence-electron chi connectivity index (χ4n) is 2.47. The average molecular weight is 299 g/mol. The Kier molecular flexibility index (Phi) is 4.78. The van der Waals surface area contributed by atoms with Crippen molar-refractivity contribution >= 4 is 27.7 Å². The highest BCUT2D eigenvalue weighted by Crippen LogP contribution is 2.44. The molecule has 0 amide bonds. The van der Waals surface area contributed by atoms with Crippen molar-refractivity contribution in [3.05, 3.63) is 35.4 Å². The number of hydrogen-bond donors (Lipinski definition) is 0. The van der Waals surface area contributed by atoms with Crippen LogP contribution in [0.15, 0.2) is 24.3 Å². The van der Waals surface area contributed by atoms with Gasteiger partial charge in [0, 0.05) is 4.83 Å². The summed E-state index contributed by atoms with van der Waals surface area (Å²) in [6, 6.07) is 8.87. The van der Waals surface area contributed by atoms with Gasteiger partial charge in [-0.05, 0) is 47.8 Å². The molecule has 88 valence electrons. The highest BCUT2D eigenvalue weighted by atomic mass is 79.9.